The summed E-state index contributed by atoms with van der Waals surface area (Å²) in [5.74, 6) is 0.139. The fourth-order valence-corrected chi connectivity index (χ4v) is 7.13. The van der Waals surface area contributed by atoms with E-state index in [1.54, 1.807) is 12.1 Å². The van der Waals surface area contributed by atoms with E-state index in [0.29, 0.717) is 11.3 Å². The summed E-state index contributed by atoms with van der Waals surface area (Å²) in [6.45, 7) is 3.47. The second-order valence-corrected chi connectivity index (χ2v) is 14.3. The van der Waals surface area contributed by atoms with E-state index in [9.17, 15) is 26.4 Å². The molecule has 1 amide bonds. The van der Waals surface area contributed by atoms with Crippen molar-refractivity contribution in [1.29, 1.82) is 0 Å². The lowest BCUT2D eigenvalue weighted by Crippen LogP contribution is -2.42. The number of hydrogen-bond donors (Lipinski definition) is 1. The quantitative estimate of drug-likeness (QED) is 0.247. The zero-order valence-electron chi connectivity index (χ0n) is 24.7. The average molecular weight is 637 g/mol. The van der Waals surface area contributed by atoms with Crippen LogP contribution in [0, 0.1) is 12.3 Å². The van der Waals surface area contributed by atoms with E-state index in [4.69, 9.17) is 4.52 Å². The number of aryl methyl sites for hydroxylation is 1. The number of piperidine rings is 1. The van der Waals surface area contributed by atoms with Crippen molar-refractivity contribution in [1.82, 2.24) is 14.9 Å². The number of carbonyl (C=O) groups is 1. The summed E-state index contributed by atoms with van der Waals surface area (Å²) in [6.07, 6.45) is 3.12. The summed E-state index contributed by atoms with van der Waals surface area (Å²) in [5.41, 5.74) is 3.82. The van der Waals surface area contributed by atoms with E-state index in [1.807, 2.05) is 29.8 Å². The van der Waals surface area contributed by atoms with E-state index in [-0.39, 0.29) is 28.3 Å². The van der Waals surface area contributed by atoms with Crippen molar-refractivity contribution in [2.45, 2.75) is 51.1 Å². The number of fused-ring (bicyclic) bond motifs is 1. The molecule has 1 saturated carbocycles. The SMILES string of the molecule is Cc1cc(C(=O)NS(C)(=O)=O)nc2ccc(N3CCC4(C=C(c5c(-c6ccccc6C(F)(F)F)noc5C5CC5)C4)CC3)cc12. The van der Waals surface area contributed by atoms with E-state index in [0.717, 1.165) is 85.3 Å². The Balaban J connectivity index is 1.11. The van der Waals surface area contributed by atoms with Crippen molar-refractivity contribution in [3.63, 3.8) is 0 Å². The molecule has 8 nitrogen and oxygen atoms in total. The fourth-order valence-electron chi connectivity index (χ4n) is 6.69. The van der Waals surface area contributed by atoms with Crippen molar-refractivity contribution < 1.29 is 30.9 Å². The summed E-state index contributed by atoms with van der Waals surface area (Å²) in [4.78, 5) is 19.0. The number of halogens is 3. The number of aromatic nitrogens is 2. The van der Waals surface area contributed by atoms with E-state index >= 15 is 0 Å². The number of nitrogens with one attached hydrogen (secondary N) is 1. The Labute approximate surface area is 258 Å². The van der Waals surface area contributed by atoms with Crippen LogP contribution < -0.4 is 9.62 Å². The molecule has 3 aliphatic rings. The molecule has 7 rings (SSSR count). The lowest BCUT2D eigenvalue weighted by Gasteiger charge is -2.47. The maximum atomic E-state index is 13.9. The molecule has 234 valence electrons. The molecular formula is C33H31F3N4O4S. The standard InChI is InChI=1S/C33H31F3N4O4S/c1-19-15-27(31(41)39-45(2,42)43)37-26-10-9-22(16-24(19)26)40-13-11-32(12-14-40)17-21(18-32)28-29(38-44-30(28)20-7-8-20)23-5-3-4-6-25(23)33(34,35)36/h3-6,9-10,15-17,20H,7-8,11-14,18H2,1-2H3,(H,39,41). The molecule has 2 aromatic heterocycles. The number of carbonyl (C=O) groups excluding carboxylic acids is 1. The monoisotopic (exact) mass is 636 g/mol. The molecule has 12 heteroatoms. The minimum absolute atomic E-state index is 0.0268. The van der Waals surface area contributed by atoms with Crippen LogP contribution in [0.3, 0.4) is 0 Å². The Bertz CT molecular complexity index is 1990. The smallest absolute Gasteiger partial charge is 0.371 e. The number of rotatable bonds is 6. The van der Waals surface area contributed by atoms with Crippen molar-refractivity contribution >= 4 is 38.1 Å². The van der Waals surface area contributed by atoms with Gasteiger partial charge in [0.1, 0.15) is 17.1 Å². The molecule has 2 aromatic carbocycles. The van der Waals surface area contributed by atoms with Crippen LogP contribution in [-0.2, 0) is 16.2 Å². The fraction of sp³-hybridized carbons (Fsp3) is 0.364. The van der Waals surface area contributed by atoms with Gasteiger partial charge in [-0.15, -0.1) is 0 Å². The number of hydrogen-bond acceptors (Lipinski definition) is 7. The molecule has 0 unspecified atom stereocenters. The zero-order valence-corrected chi connectivity index (χ0v) is 25.6. The highest BCUT2D eigenvalue weighted by Crippen LogP contribution is 2.56. The minimum Gasteiger partial charge on any atom is -0.371 e. The third-order valence-corrected chi connectivity index (χ3v) is 9.69. The number of anilines is 1. The Morgan fingerprint density at radius 3 is 2.47 bits per heavy atom. The molecule has 4 aromatic rings. The number of pyridine rings is 1. The molecular weight excluding hydrogens is 605 g/mol. The predicted molar refractivity (Wildman–Crippen MR) is 164 cm³/mol. The lowest BCUT2D eigenvalue weighted by molar-refractivity contribution is -0.137. The van der Waals surface area contributed by atoms with E-state index in [1.165, 1.54) is 12.1 Å². The number of amides is 1. The van der Waals surface area contributed by atoms with Gasteiger partial charge in [0.15, 0.2) is 0 Å². The summed E-state index contributed by atoms with van der Waals surface area (Å²) in [5, 5.41) is 5.07. The van der Waals surface area contributed by atoms with Gasteiger partial charge in [0.25, 0.3) is 5.91 Å². The summed E-state index contributed by atoms with van der Waals surface area (Å²) < 4.78 is 72.3. The van der Waals surface area contributed by atoms with E-state index in [2.05, 4.69) is 21.1 Å². The highest BCUT2D eigenvalue weighted by Gasteiger charge is 2.45. The maximum absolute atomic E-state index is 13.9. The number of sulfonamides is 1. The number of alkyl halides is 3. The Kier molecular flexibility index (Phi) is 6.84. The number of nitrogens with zero attached hydrogens (tertiary/aromatic N) is 3. The van der Waals surface area contributed by atoms with Crippen molar-refractivity contribution in [2.24, 2.45) is 5.41 Å². The van der Waals surface area contributed by atoms with Crippen molar-refractivity contribution in [3.8, 4) is 11.3 Å². The van der Waals surface area contributed by atoms with Crippen molar-refractivity contribution in [3.05, 3.63) is 82.8 Å². The molecule has 0 bridgehead atoms. The van der Waals surface area contributed by atoms with Crippen LogP contribution >= 0.6 is 0 Å². The first-order valence-corrected chi connectivity index (χ1v) is 16.8. The molecule has 0 radical (unpaired) electrons. The molecule has 2 aliphatic carbocycles. The van der Waals surface area contributed by atoms with Gasteiger partial charge in [-0.25, -0.2) is 18.1 Å². The van der Waals surface area contributed by atoms with Gasteiger partial charge in [0.05, 0.1) is 17.3 Å². The molecule has 1 saturated heterocycles. The average Bonchev–Trinajstić information content (AvgIpc) is 3.72. The molecule has 1 aliphatic heterocycles. The summed E-state index contributed by atoms with van der Waals surface area (Å²) in [7, 11) is -3.71. The topological polar surface area (TPSA) is 105 Å². The van der Waals surface area contributed by atoms with Gasteiger partial charge in [0, 0.05) is 41.2 Å². The van der Waals surface area contributed by atoms with Crippen LogP contribution in [0.25, 0.3) is 27.7 Å². The van der Waals surface area contributed by atoms with Gasteiger partial charge >= 0.3 is 6.18 Å². The Hall–Kier alpha value is -4.19. The Morgan fingerprint density at radius 1 is 1.09 bits per heavy atom. The second kappa shape index (κ2) is 10.4. The van der Waals surface area contributed by atoms with Gasteiger partial charge in [-0.05, 0) is 85.9 Å². The van der Waals surface area contributed by atoms with Gasteiger partial charge in [-0.2, -0.15) is 13.2 Å². The highest BCUT2D eigenvalue weighted by molar-refractivity contribution is 7.89. The highest BCUT2D eigenvalue weighted by atomic mass is 32.2. The largest absolute Gasteiger partial charge is 0.417 e. The minimum atomic E-state index is -4.50. The lowest BCUT2D eigenvalue weighted by atomic mass is 9.63. The second-order valence-electron chi connectivity index (χ2n) is 12.5. The van der Waals surface area contributed by atoms with Gasteiger partial charge in [-0.1, -0.05) is 29.4 Å². The molecule has 2 fully saturated rings. The number of benzene rings is 2. The summed E-state index contributed by atoms with van der Waals surface area (Å²) >= 11 is 0. The van der Waals surface area contributed by atoms with Crippen molar-refractivity contribution in [2.75, 3.05) is 24.2 Å². The molecule has 1 spiro atoms. The van der Waals surface area contributed by atoms with Crippen LogP contribution in [0.4, 0.5) is 18.9 Å². The van der Waals surface area contributed by atoms with Gasteiger partial charge < -0.3 is 9.42 Å². The summed E-state index contributed by atoms with van der Waals surface area (Å²) in [6, 6.07) is 13.0. The van der Waals surface area contributed by atoms with Crippen LogP contribution in [0.1, 0.15) is 71.0 Å². The first kappa shape index (κ1) is 29.5. The van der Waals surface area contributed by atoms with Gasteiger partial charge in [0.2, 0.25) is 10.0 Å². The predicted octanol–water partition coefficient (Wildman–Crippen LogP) is 6.86. The molecule has 45 heavy (non-hydrogen) atoms. The molecule has 3 heterocycles. The van der Waals surface area contributed by atoms with Crippen LogP contribution in [-0.4, -0.2) is 43.8 Å². The van der Waals surface area contributed by atoms with E-state index < -0.39 is 27.7 Å². The first-order valence-electron chi connectivity index (χ1n) is 14.9. The normalized spacial score (nSPS) is 18.2. The van der Waals surface area contributed by atoms with Crippen LogP contribution in [0.5, 0.6) is 0 Å². The zero-order chi connectivity index (χ0) is 31.7. The molecule has 1 N–H and O–H groups in total. The third kappa shape index (κ3) is 5.60. The van der Waals surface area contributed by atoms with Crippen LogP contribution in [0.15, 0.2) is 59.1 Å². The first-order chi connectivity index (χ1) is 21.3. The Morgan fingerprint density at radius 2 is 1.80 bits per heavy atom. The van der Waals surface area contributed by atoms with Gasteiger partial charge in [-0.3, -0.25) is 4.79 Å². The molecule has 0 atom stereocenters. The number of allylic oxidation sites excluding steroid dienone is 2. The third-order valence-electron chi connectivity index (χ3n) is 9.13. The van der Waals surface area contributed by atoms with Crippen LogP contribution in [0.2, 0.25) is 0 Å². The maximum Gasteiger partial charge on any atom is 0.417 e.